The molecule has 20 rings (SSSR count). The first-order chi connectivity index (χ1) is 54.3. The van der Waals surface area contributed by atoms with Crippen molar-refractivity contribution in [1.82, 2.24) is 19.9 Å². The first-order valence-electron chi connectivity index (χ1n) is 38.5. The minimum Gasteiger partial charge on any atom is -0.310 e. The predicted molar refractivity (Wildman–Crippen MR) is 463 cm³/mol. The van der Waals surface area contributed by atoms with Crippen molar-refractivity contribution < 1.29 is 0 Å². The minimum atomic E-state index is -0.743. The maximum Gasteiger partial charge on any atom is 0.159 e. The summed E-state index contributed by atoms with van der Waals surface area (Å²) in [7, 11) is 0. The molecule has 2 aliphatic rings. The second-order valence-electron chi connectivity index (χ2n) is 31.8. The number of nitrogens with zero attached hydrogens (tertiary/aromatic N) is 6. The Kier molecular flexibility index (Phi) is 15.8. The molecule has 0 fully saturated rings. The zero-order chi connectivity index (χ0) is 74.7. The summed E-state index contributed by atoms with van der Waals surface area (Å²) < 4.78 is 0. The first-order valence-corrected chi connectivity index (χ1v) is 38.5. The van der Waals surface area contributed by atoms with Gasteiger partial charge in [-0.15, -0.1) is 0 Å². The molecule has 2 aliphatic carbocycles. The third-order valence-corrected chi connectivity index (χ3v) is 23.2. The Balaban J connectivity index is 0.714. The monoisotopic (exact) mass is 1420 g/mol. The van der Waals surface area contributed by atoms with E-state index >= 15 is 0 Å². The second-order valence-corrected chi connectivity index (χ2v) is 31.8. The summed E-state index contributed by atoms with van der Waals surface area (Å²) in [6.07, 6.45) is 7.96. The molecule has 0 amide bonds. The molecule has 6 heteroatoms. The van der Waals surface area contributed by atoms with Crippen LogP contribution in [0.15, 0.2) is 365 Å². The molecule has 18 aromatic rings. The number of hydrogen-bond acceptors (Lipinski definition) is 6. The van der Waals surface area contributed by atoms with Gasteiger partial charge in [0.2, 0.25) is 0 Å². The van der Waals surface area contributed by atoms with Crippen molar-refractivity contribution in [3.05, 3.63) is 398 Å². The molecule has 0 aliphatic heterocycles. The first kappa shape index (κ1) is 66.7. The van der Waals surface area contributed by atoms with Gasteiger partial charge in [-0.1, -0.05) is 308 Å². The summed E-state index contributed by atoms with van der Waals surface area (Å²) >= 11 is 0. The van der Waals surface area contributed by atoms with Gasteiger partial charge < -0.3 is 9.80 Å². The quantitative estimate of drug-likeness (QED) is 0.114. The van der Waals surface area contributed by atoms with Gasteiger partial charge in [0.25, 0.3) is 0 Å². The van der Waals surface area contributed by atoms with Crippen LogP contribution in [0.2, 0.25) is 0 Å². The van der Waals surface area contributed by atoms with Gasteiger partial charge in [0, 0.05) is 80.6 Å². The third-order valence-electron chi connectivity index (χ3n) is 23.2. The summed E-state index contributed by atoms with van der Waals surface area (Å²) in [6.45, 7) is 13.5. The van der Waals surface area contributed by atoms with Crippen LogP contribution in [0.5, 0.6) is 0 Å². The van der Waals surface area contributed by atoms with E-state index in [1.807, 2.05) is 24.8 Å². The predicted octanol–water partition coefficient (Wildman–Crippen LogP) is 27.8. The molecule has 528 valence electrons. The highest BCUT2D eigenvalue weighted by atomic mass is 15.1. The van der Waals surface area contributed by atoms with Gasteiger partial charge in [0.15, 0.2) is 11.6 Å². The van der Waals surface area contributed by atoms with E-state index in [9.17, 15) is 0 Å². The van der Waals surface area contributed by atoms with Crippen LogP contribution in [-0.4, -0.2) is 19.9 Å². The highest BCUT2D eigenvalue weighted by molar-refractivity contribution is 6.16. The van der Waals surface area contributed by atoms with Crippen molar-refractivity contribution in [1.29, 1.82) is 0 Å². The van der Waals surface area contributed by atoms with Crippen LogP contribution >= 0.6 is 0 Å². The standard InChI is InChI=1S/C105H78N6/c1-103(2,3)78-48-38-69(39-49-78)101-106-63-76(64-107-101)71-46-56-89-90-57-47-72(77-65-108-102(109-66-77)70-40-50-79(51-41-70)104(4,5)6)60-97(90)105(96(89)59-71)94-36-19-18-34-93(94)100-86(35-21-37-95(100)105)73-24-20-27-83(58-73)111(99-62-75-23-11-13-29-85(75)88-31-15-17-33-92(88)99)82-54-44-68(45-55-82)67-42-52-81(53-43-67)110(80-25-8-7-9-26-80)98-61-74-22-10-12-28-84(74)87-30-14-16-32-91(87)98/h7-66H,1-6H3. The molecule has 0 radical (unpaired) electrons. The van der Waals surface area contributed by atoms with Gasteiger partial charge in [0.05, 0.1) is 16.8 Å². The van der Waals surface area contributed by atoms with Crippen molar-refractivity contribution in [2.24, 2.45) is 0 Å². The molecule has 2 heterocycles. The lowest BCUT2D eigenvalue weighted by molar-refractivity contribution is 0.590. The van der Waals surface area contributed by atoms with Crippen molar-refractivity contribution >= 4 is 77.2 Å². The van der Waals surface area contributed by atoms with Crippen LogP contribution in [0.25, 0.3) is 133 Å². The number of fused-ring (bicyclic) bond motifs is 16. The molecule has 0 N–H and O–H groups in total. The Morgan fingerprint density at radius 3 is 1.11 bits per heavy atom. The van der Waals surface area contributed by atoms with Crippen LogP contribution in [-0.2, 0) is 16.2 Å². The van der Waals surface area contributed by atoms with E-state index in [0.29, 0.717) is 11.6 Å². The number of para-hydroxylation sites is 1. The molecule has 2 aromatic heterocycles. The molecule has 0 bridgehead atoms. The molecule has 0 saturated heterocycles. The van der Waals surface area contributed by atoms with Crippen LogP contribution in [0.3, 0.4) is 0 Å². The lowest BCUT2D eigenvalue weighted by Gasteiger charge is -2.31. The Hall–Kier alpha value is -13.7. The van der Waals surface area contributed by atoms with Crippen LogP contribution in [0.4, 0.5) is 34.1 Å². The topological polar surface area (TPSA) is 58.0 Å². The largest absolute Gasteiger partial charge is 0.310 e. The van der Waals surface area contributed by atoms with E-state index in [2.05, 4.69) is 391 Å². The summed E-state index contributed by atoms with van der Waals surface area (Å²) in [5.74, 6) is 1.40. The van der Waals surface area contributed by atoms with Crippen molar-refractivity contribution in [2.75, 3.05) is 9.80 Å². The van der Waals surface area contributed by atoms with Gasteiger partial charge in [-0.25, -0.2) is 19.9 Å². The fourth-order valence-electron chi connectivity index (χ4n) is 17.6. The number of benzene rings is 16. The Morgan fingerprint density at radius 1 is 0.234 bits per heavy atom. The van der Waals surface area contributed by atoms with Gasteiger partial charge in [0.1, 0.15) is 0 Å². The smallest absolute Gasteiger partial charge is 0.159 e. The summed E-state index contributed by atoms with van der Waals surface area (Å²) in [6, 6.07) is 126. The average Bonchev–Trinajstić information content (AvgIpc) is 1.50. The maximum absolute atomic E-state index is 5.05. The van der Waals surface area contributed by atoms with E-state index < -0.39 is 5.41 Å². The van der Waals surface area contributed by atoms with Crippen molar-refractivity contribution in [3.63, 3.8) is 0 Å². The van der Waals surface area contributed by atoms with Gasteiger partial charge in [-0.2, -0.15) is 0 Å². The van der Waals surface area contributed by atoms with Crippen molar-refractivity contribution in [2.45, 2.75) is 57.8 Å². The number of anilines is 6. The summed E-state index contributed by atoms with van der Waals surface area (Å²) in [4.78, 5) is 25.1. The summed E-state index contributed by atoms with van der Waals surface area (Å²) in [5, 5.41) is 9.65. The molecule has 111 heavy (non-hydrogen) atoms. The molecule has 0 atom stereocenters. The van der Waals surface area contributed by atoms with Gasteiger partial charge in [-0.3, -0.25) is 0 Å². The van der Waals surface area contributed by atoms with Crippen LogP contribution in [0.1, 0.15) is 74.9 Å². The molecule has 16 aromatic carbocycles. The van der Waals surface area contributed by atoms with E-state index in [1.165, 1.54) is 98.7 Å². The third kappa shape index (κ3) is 11.3. The van der Waals surface area contributed by atoms with Gasteiger partial charge >= 0.3 is 0 Å². The van der Waals surface area contributed by atoms with Crippen LogP contribution < -0.4 is 9.80 Å². The lowest BCUT2D eigenvalue weighted by Crippen LogP contribution is -2.26. The SMILES string of the molecule is CC(C)(C)c1ccc(-c2ncc(-c3ccc4c(c3)C3(c5cc(-c6cnc(-c7ccc(C(C)(C)C)cc7)nc6)ccc5-4)c4ccccc4-c4c(-c5cccc(N(c6ccc(-c7ccc(N(c8ccccc8)c8cc9ccccc9c9ccccc89)cc7)cc6)c6cc7ccccc7c7ccccc67)c5)cccc43)cn2)cc1. The lowest BCUT2D eigenvalue weighted by atomic mass is 9.69. The molecule has 0 unspecified atom stereocenters. The van der Waals surface area contributed by atoms with E-state index in [0.717, 1.165) is 89.8 Å². The zero-order valence-electron chi connectivity index (χ0n) is 62.8. The minimum absolute atomic E-state index is 0.0390. The second kappa shape index (κ2) is 26.3. The Labute approximate surface area is 648 Å². The molecule has 1 spiro atoms. The molecular formula is C105H78N6. The maximum atomic E-state index is 5.05. The normalized spacial score (nSPS) is 12.7. The fraction of sp³-hybridized carbons (Fsp3) is 0.0857. The Morgan fingerprint density at radius 2 is 0.613 bits per heavy atom. The van der Waals surface area contributed by atoms with Gasteiger partial charge in [-0.05, 0) is 205 Å². The van der Waals surface area contributed by atoms with Crippen LogP contribution in [0, 0.1) is 0 Å². The Bertz CT molecular complexity index is 6520. The van der Waals surface area contributed by atoms with E-state index in [-0.39, 0.29) is 10.8 Å². The number of aromatic nitrogens is 4. The molecule has 6 nitrogen and oxygen atoms in total. The van der Waals surface area contributed by atoms with E-state index in [1.54, 1.807) is 0 Å². The summed E-state index contributed by atoms with van der Waals surface area (Å²) in [5.41, 5.74) is 28.6. The number of hydrogen-bond donors (Lipinski definition) is 0. The van der Waals surface area contributed by atoms with E-state index in [4.69, 9.17) is 19.9 Å². The zero-order valence-corrected chi connectivity index (χ0v) is 62.8. The number of rotatable bonds is 12. The highest BCUT2D eigenvalue weighted by Crippen LogP contribution is 2.65. The highest BCUT2D eigenvalue weighted by Gasteiger charge is 2.52. The molecule has 0 saturated carbocycles. The average molecular weight is 1420 g/mol. The molecular weight excluding hydrogens is 1350 g/mol. The fourth-order valence-corrected chi connectivity index (χ4v) is 17.6. The van der Waals surface area contributed by atoms with Crippen molar-refractivity contribution in [3.8, 4) is 89.5 Å².